The topological polar surface area (TPSA) is 90.0 Å². The van der Waals surface area contributed by atoms with E-state index in [4.69, 9.17) is 4.52 Å². The molecule has 7 nitrogen and oxygen atoms in total. The maximum Gasteiger partial charge on any atom is 0.297 e. The summed E-state index contributed by atoms with van der Waals surface area (Å²) in [4.78, 5) is 25.5. The van der Waals surface area contributed by atoms with Crippen LogP contribution in [-0.2, 0) is 4.79 Å². The van der Waals surface area contributed by atoms with Crippen LogP contribution in [0.3, 0.4) is 0 Å². The van der Waals surface area contributed by atoms with E-state index in [0.717, 1.165) is 11.1 Å². The number of carbonyl (C=O) groups excluding carboxylic acids is 1. The molecule has 1 atom stereocenters. The summed E-state index contributed by atoms with van der Waals surface area (Å²) in [7, 11) is 0. The first kappa shape index (κ1) is 17.8. The highest BCUT2D eigenvalue weighted by Crippen LogP contribution is 2.20. The highest BCUT2D eigenvalue weighted by atomic mass is 16.5. The Morgan fingerprint density at radius 2 is 1.96 bits per heavy atom. The van der Waals surface area contributed by atoms with E-state index < -0.39 is 11.6 Å². The standard InChI is InChI=1S/C19H22N4O3/c1-6-15(18(24)20-14-8-7-10(2)11(3)9-14)23-19(25)17-16(12(4)21-23)13(5)26-22-17/h7-9,15H,6H2,1-5H3,(H,20,24)/t15-/m1/s1. The fourth-order valence-electron chi connectivity index (χ4n) is 3.04. The fourth-order valence-corrected chi connectivity index (χ4v) is 3.04. The Morgan fingerprint density at radius 3 is 2.62 bits per heavy atom. The number of amides is 1. The highest BCUT2D eigenvalue weighted by molar-refractivity contribution is 5.94. The van der Waals surface area contributed by atoms with Crippen LogP contribution in [0.5, 0.6) is 0 Å². The lowest BCUT2D eigenvalue weighted by Crippen LogP contribution is -2.35. The lowest BCUT2D eigenvalue weighted by molar-refractivity contribution is -0.119. The number of rotatable bonds is 4. The van der Waals surface area contributed by atoms with Crippen molar-refractivity contribution in [1.29, 1.82) is 0 Å². The van der Waals surface area contributed by atoms with Gasteiger partial charge in [-0.25, -0.2) is 4.68 Å². The summed E-state index contributed by atoms with van der Waals surface area (Å²) in [5.41, 5.74) is 3.31. The van der Waals surface area contributed by atoms with Gasteiger partial charge in [-0.2, -0.15) is 5.10 Å². The van der Waals surface area contributed by atoms with Crippen molar-refractivity contribution in [2.24, 2.45) is 0 Å². The number of aryl methyl sites for hydroxylation is 4. The van der Waals surface area contributed by atoms with Gasteiger partial charge < -0.3 is 9.84 Å². The molecular weight excluding hydrogens is 332 g/mol. The van der Waals surface area contributed by atoms with Crippen LogP contribution in [0.1, 0.15) is 42.0 Å². The van der Waals surface area contributed by atoms with Crippen LogP contribution in [0.25, 0.3) is 10.9 Å². The predicted molar refractivity (Wildman–Crippen MR) is 99.4 cm³/mol. The van der Waals surface area contributed by atoms with Gasteiger partial charge in [-0.3, -0.25) is 9.59 Å². The summed E-state index contributed by atoms with van der Waals surface area (Å²) in [5, 5.41) is 11.7. The van der Waals surface area contributed by atoms with Gasteiger partial charge in [0.1, 0.15) is 11.8 Å². The minimum Gasteiger partial charge on any atom is -0.360 e. The Hall–Kier alpha value is -2.96. The van der Waals surface area contributed by atoms with Crippen molar-refractivity contribution in [3.63, 3.8) is 0 Å². The van der Waals surface area contributed by atoms with Crippen LogP contribution in [-0.4, -0.2) is 20.8 Å². The van der Waals surface area contributed by atoms with E-state index in [1.165, 1.54) is 4.68 Å². The normalized spacial score (nSPS) is 12.3. The van der Waals surface area contributed by atoms with Gasteiger partial charge >= 0.3 is 0 Å². The van der Waals surface area contributed by atoms with Crippen molar-refractivity contribution in [1.82, 2.24) is 14.9 Å². The van der Waals surface area contributed by atoms with Gasteiger partial charge in [0.2, 0.25) is 5.91 Å². The molecule has 26 heavy (non-hydrogen) atoms. The number of fused-ring (bicyclic) bond motifs is 1. The first-order valence-corrected chi connectivity index (χ1v) is 8.57. The molecule has 3 rings (SSSR count). The molecule has 0 unspecified atom stereocenters. The zero-order chi connectivity index (χ0) is 19.0. The third-order valence-corrected chi connectivity index (χ3v) is 4.65. The Labute approximate surface area is 151 Å². The Balaban J connectivity index is 1.99. The van der Waals surface area contributed by atoms with E-state index >= 15 is 0 Å². The number of benzene rings is 1. The molecule has 7 heteroatoms. The molecule has 2 heterocycles. The second-order valence-corrected chi connectivity index (χ2v) is 6.51. The molecule has 1 amide bonds. The van der Waals surface area contributed by atoms with E-state index in [0.29, 0.717) is 28.9 Å². The van der Waals surface area contributed by atoms with Crippen LogP contribution < -0.4 is 10.9 Å². The number of nitrogens with one attached hydrogen (secondary N) is 1. The molecule has 0 saturated carbocycles. The van der Waals surface area contributed by atoms with E-state index in [1.807, 2.05) is 39.0 Å². The van der Waals surface area contributed by atoms with E-state index in [2.05, 4.69) is 15.6 Å². The monoisotopic (exact) mass is 354 g/mol. The number of hydrogen-bond donors (Lipinski definition) is 1. The van der Waals surface area contributed by atoms with Crippen molar-refractivity contribution in [2.75, 3.05) is 5.32 Å². The van der Waals surface area contributed by atoms with Crippen LogP contribution in [0, 0.1) is 27.7 Å². The second-order valence-electron chi connectivity index (χ2n) is 6.51. The summed E-state index contributed by atoms with van der Waals surface area (Å²) < 4.78 is 6.33. The summed E-state index contributed by atoms with van der Waals surface area (Å²) in [5.74, 6) is 0.256. The van der Waals surface area contributed by atoms with Crippen LogP contribution >= 0.6 is 0 Å². The smallest absolute Gasteiger partial charge is 0.297 e. The molecule has 0 bridgehead atoms. The van der Waals surface area contributed by atoms with Crippen molar-refractivity contribution >= 4 is 22.5 Å². The molecular formula is C19H22N4O3. The molecule has 3 aromatic rings. The largest absolute Gasteiger partial charge is 0.360 e. The fraction of sp³-hybridized carbons (Fsp3) is 0.368. The summed E-state index contributed by atoms with van der Waals surface area (Å²) in [6, 6.07) is 4.97. The van der Waals surface area contributed by atoms with Gasteiger partial charge in [-0.05, 0) is 57.4 Å². The highest BCUT2D eigenvalue weighted by Gasteiger charge is 2.24. The number of aromatic nitrogens is 3. The molecule has 2 aromatic heterocycles. The quantitative estimate of drug-likeness (QED) is 0.777. The zero-order valence-electron chi connectivity index (χ0n) is 15.6. The number of carbonyl (C=O) groups is 1. The van der Waals surface area contributed by atoms with E-state index in [9.17, 15) is 9.59 Å². The Morgan fingerprint density at radius 1 is 1.23 bits per heavy atom. The molecule has 0 aliphatic heterocycles. The lowest BCUT2D eigenvalue weighted by Gasteiger charge is -2.17. The summed E-state index contributed by atoms with van der Waals surface area (Å²) in [6.07, 6.45) is 0.422. The first-order chi connectivity index (χ1) is 12.3. The molecule has 0 spiro atoms. The second kappa shape index (κ2) is 6.74. The first-order valence-electron chi connectivity index (χ1n) is 8.57. The number of hydrogen-bond acceptors (Lipinski definition) is 5. The van der Waals surface area contributed by atoms with Crippen molar-refractivity contribution in [3.05, 3.63) is 51.1 Å². The van der Waals surface area contributed by atoms with Crippen molar-refractivity contribution < 1.29 is 9.32 Å². The zero-order valence-corrected chi connectivity index (χ0v) is 15.6. The Bertz CT molecular complexity index is 1050. The molecule has 1 N–H and O–H groups in total. The molecule has 0 aliphatic rings. The molecule has 0 aliphatic carbocycles. The average molecular weight is 354 g/mol. The van der Waals surface area contributed by atoms with Gasteiger partial charge in [-0.15, -0.1) is 0 Å². The minimum atomic E-state index is -0.732. The van der Waals surface area contributed by atoms with Gasteiger partial charge in [0.15, 0.2) is 5.52 Å². The summed E-state index contributed by atoms with van der Waals surface area (Å²) >= 11 is 0. The third kappa shape index (κ3) is 3.00. The SMILES string of the molecule is CC[C@H](C(=O)Nc1ccc(C)c(C)c1)n1nc(C)c2c(C)onc2c1=O. The van der Waals surface area contributed by atoms with Crippen molar-refractivity contribution in [2.45, 2.75) is 47.1 Å². The molecule has 136 valence electrons. The number of anilines is 1. The van der Waals surface area contributed by atoms with E-state index in [1.54, 1.807) is 13.8 Å². The van der Waals surface area contributed by atoms with Gasteiger partial charge in [0.25, 0.3) is 5.56 Å². The predicted octanol–water partition coefficient (Wildman–Crippen LogP) is 3.21. The minimum absolute atomic E-state index is 0.201. The van der Waals surface area contributed by atoms with Crippen LogP contribution in [0.15, 0.2) is 27.5 Å². The summed E-state index contributed by atoms with van der Waals surface area (Å²) in [6.45, 7) is 9.34. The molecule has 1 aromatic carbocycles. The molecule has 0 saturated heterocycles. The average Bonchev–Trinajstić information content (AvgIpc) is 2.99. The van der Waals surface area contributed by atoms with E-state index in [-0.39, 0.29) is 11.4 Å². The lowest BCUT2D eigenvalue weighted by atomic mass is 10.1. The van der Waals surface area contributed by atoms with Crippen LogP contribution in [0.4, 0.5) is 5.69 Å². The third-order valence-electron chi connectivity index (χ3n) is 4.65. The Kier molecular flexibility index (Phi) is 4.63. The van der Waals surface area contributed by atoms with Crippen molar-refractivity contribution in [3.8, 4) is 0 Å². The van der Waals surface area contributed by atoms with Gasteiger partial charge in [0, 0.05) is 5.69 Å². The molecule has 0 fully saturated rings. The van der Waals surface area contributed by atoms with Crippen LogP contribution in [0.2, 0.25) is 0 Å². The molecule has 0 radical (unpaired) electrons. The maximum absolute atomic E-state index is 12.8. The number of nitrogens with zero attached hydrogens (tertiary/aromatic N) is 3. The van der Waals surface area contributed by atoms with Gasteiger partial charge in [0.05, 0.1) is 11.1 Å². The maximum atomic E-state index is 12.8. The van der Waals surface area contributed by atoms with Gasteiger partial charge in [-0.1, -0.05) is 18.1 Å².